The molecule has 0 aromatic rings. The summed E-state index contributed by atoms with van der Waals surface area (Å²) in [5.41, 5.74) is 0. The maximum absolute atomic E-state index is 4.42. The molecule has 0 aliphatic heterocycles. The van der Waals surface area contributed by atoms with Gasteiger partial charge in [-0.15, -0.1) is 0 Å². The van der Waals surface area contributed by atoms with Crippen LogP contribution in [0.5, 0.6) is 0 Å². The van der Waals surface area contributed by atoms with Crippen LogP contribution in [0.25, 0.3) is 0 Å². The van der Waals surface area contributed by atoms with Crippen molar-refractivity contribution in [3.05, 3.63) is 0 Å². The van der Waals surface area contributed by atoms with Gasteiger partial charge >= 0.3 is 0 Å². The van der Waals surface area contributed by atoms with E-state index in [4.69, 9.17) is 0 Å². The van der Waals surface area contributed by atoms with Gasteiger partial charge in [-0.2, -0.15) is 0 Å². The van der Waals surface area contributed by atoms with Gasteiger partial charge in [0.15, 0.2) is 0 Å². The van der Waals surface area contributed by atoms with E-state index < -0.39 is 0 Å². The van der Waals surface area contributed by atoms with Gasteiger partial charge in [0, 0.05) is 6.04 Å². The predicted molar refractivity (Wildman–Crippen MR) is 47.6 cm³/mol. The monoisotopic (exact) mass is 158 g/mol. The molecule has 0 bridgehead atoms. The molecular weight excluding hydrogens is 144 g/mol. The van der Waals surface area contributed by atoms with Crippen LogP contribution in [0, 0.1) is 0 Å². The van der Waals surface area contributed by atoms with E-state index in [1.807, 2.05) is 0 Å². The van der Waals surface area contributed by atoms with Gasteiger partial charge in [0.2, 0.25) is 0 Å². The molecule has 0 heterocycles. The Morgan fingerprint density at radius 1 is 1.60 bits per heavy atom. The molecule has 0 rings (SSSR count). The zero-order valence-corrected chi connectivity index (χ0v) is 7.37. The molecule has 0 spiro atoms. The second kappa shape index (κ2) is 6.87. The normalized spacial score (nSPS) is 9.50. The average Bonchev–Trinajstić information content (AvgIpc) is 1.87. The van der Waals surface area contributed by atoms with Crippen molar-refractivity contribution in [2.45, 2.75) is 26.3 Å². The number of hydrogen-bond acceptors (Lipinski definition) is 3. The van der Waals surface area contributed by atoms with Crippen LogP contribution in [0.15, 0.2) is 4.99 Å². The lowest BCUT2D eigenvalue weighted by atomic mass is 10.3. The molecule has 3 heteroatoms. The molecule has 0 saturated heterocycles. The highest BCUT2D eigenvalue weighted by atomic mass is 32.1. The minimum Gasteiger partial charge on any atom is -0.314 e. The molecule has 2 nitrogen and oxygen atoms in total. The van der Waals surface area contributed by atoms with E-state index in [-0.39, 0.29) is 0 Å². The van der Waals surface area contributed by atoms with Crippen LogP contribution in [-0.4, -0.2) is 24.3 Å². The Hall–Kier alpha value is -0.240. The lowest BCUT2D eigenvalue weighted by Crippen LogP contribution is -2.23. The van der Waals surface area contributed by atoms with Crippen molar-refractivity contribution in [2.24, 2.45) is 4.99 Å². The number of nitrogens with zero attached hydrogens (tertiary/aromatic N) is 1. The third-order valence-corrected chi connectivity index (χ3v) is 1.19. The van der Waals surface area contributed by atoms with Crippen molar-refractivity contribution in [2.75, 3.05) is 13.1 Å². The van der Waals surface area contributed by atoms with Gasteiger partial charge in [0.1, 0.15) is 0 Å². The van der Waals surface area contributed by atoms with Gasteiger partial charge in [0.25, 0.3) is 0 Å². The van der Waals surface area contributed by atoms with Crippen LogP contribution < -0.4 is 5.32 Å². The fourth-order valence-electron chi connectivity index (χ4n) is 0.594. The second-order valence-electron chi connectivity index (χ2n) is 2.44. The Labute approximate surface area is 67.7 Å². The molecule has 0 atom stereocenters. The summed E-state index contributed by atoms with van der Waals surface area (Å²) in [5, 5.41) is 5.62. The van der Waals surface area contributed by atoms with Gasteiger partial charge in [0.05, 0.1) is 11.7 Å². The molecular formula is C7H14N2S. The summed E-state index contributed by atoms with van der Waals surface area (Å²) in [4.78, 5) is 3.79. The van der Waals surface area contributed by atoms with E-state index in [1.165, 1.54) is 0 Å². The number of thiocarbonyl (C=S) groups is 1. The smallest absolute Gasteiger partial charge is 0.0584 e. The maximum Gasteiger partial charge on any atom is 0.0584 e. The number of nitrogens with one attached hydrogen (secondary N) is 1. The number of aliphatic imine (C=N–C) groups is 1. The predicted octanol–water partition coefficient (Wildman–Crippen LogP) is 1.48. The molecule has 10 heavy (non-hydrogen) atoms. The second-order valence-corrected chi connectivity index (χ2v) is 2.62. The highest BCUT2D eigenvalue weighted by Crippen LogP contribution is 1.80. The van der Waals surface area contributed by atoms with Crippen LogP contribution in [0.3, 0.4) is 0 Å². The van der Waals surface area contributed by atoms with Crippen molar-refractivity contribution in [1.29, 1.82) is 0 Å². The van der Waals surface area contributed by atoms with Crippen LogP contribution in [0.1, 0.15) is 20.3 Å². The molecule has 0 saturated carbocycles. The van der Waals surface area contributed by atoms with Gasteiger partial charge in [-0.05, 0) is 25.2 Å². The largest absolute Gasteiger partial charge is 0.314 e. The Balaban J connectivity index is 2.98. The van der Waals surface area contributed by atoms with Gasteiger partial charge < -0.3 is 5.32 Å². The van der Waals surface area contributed by atoms with Gasteiger partial charge in [-0.25, -0.2) is 4.99 Å². The Morgan fingerprint density at radius 2 is 2.30 bits per heavy atom. The van der Waals surface area contributed by atoms with E-state index in [0.717, 1.165) is 19.5 Å². The lowest BCUT2D eigenvalue weighted by molar-refractivity contribution is 0.575. The molecule has 0 amide bonds. The van der Waals surface area contributed by atoms with E-state index >= 15 is 0 Å². The summed E-state index contributed by atoms with van der Waals surface area (Å²) >= 11 is 4.42. The van der Waals surface area contributed by atoms with E-state index in [9.17, 15) is 0 Å². The minimum atomic E-state index is 0.566. The summed E-state index contributed by atoms with van der Waals surface area (Å²) in [6, 6.07) is 0.566. The van der Waals surface area contributed by atoms with Crippen LogP contribution in [-0.2, 0) is 0 Å². The quantitative estimate of drug-likeness (QED) is 0.372. The molecule has 0 radical (unpaired) electrons. The van der Waals surface area contributed by atoms with E-state index in [2.05, 4.69) is 41.5 Å². The first-order valence-corrected chi connectivity index (χ1v) is 3.95. The minimum absolute atomic E-state index is 0.566. The topological polar surface area (TPSA) is 24.4 Å². The zero-order valence-electron chi connectivity index (χ0n) is 6.55. The SMILES string of the molecule is CC(C)NCCCN=C=S. The average molecular weight is 158 g/mol. The summed E-state index contributed by atoms with van der Waals surface area (Å²) in [7, 11) is 0. The molecule has 0 aromatic carbocycles. The molecule has 0 aliphatic carbocycles. The Kier molecular flexibility index (Phi) is 6.71. The van der Waals surface area contributed by atoms with Crippen LogP contribution in [0.4, 0.5) is 0 Å². The number of isothiocyanates is 1. The fourth-order valence-corrected chi connectivity index (χ4v) is 0.686. The highest BCUT2D eigenvalue weighted by molar-refractivity contribution is 7.78. The molecule has 1 N–H and O–H groups in total. The first-order valence-electron chi connectivity index (χ1n) is 3.54. The Bertz CT molecular complexity index is 117. The molecule has 0 aromatic heterocycles. The lowest BCUT2D eigenvalue weighted by Gasteiger charge is -2.04. The molecule has 0 aliphatic rings. The third kappa shape index (κ3) is 7.76. The first kappa shape index (κ1) is 9.76. The van der Waals surface area contributed by atoms with Crippen molar-refractivity contribution >= 4 is 17.4 Å². The van der Waals surface area contributed by atoms with Gasteiger partial charge in [-0.3, -0.25) is 0 Å². The zero-order chi connectivity index (χ0) is 7.82. The number of hydrogen-bond donors (Lipinski definition) is 1. The highest BCUT2D eigenvalue weighted by Gasteiger charge is 1.89. The van der Waals surface area contributed by atoms with Crippen molar-refractivity contribution < 1.29 is 0 Å². The summed E-state index contributed by atoms with van der Waals surface area (Å²) in [5.74, 6) is 0. The first-order chi connectivity index (χ1) is 4.77. The van der Waals surface area contributed by atoms with Crippen LogP contribution >= 0.6 is 12.2 Å². The molecule has 0 fully saturated rings. The van der Waals surface area contributed by atoms with Crippen molar-refractivity contribution in [3.8, 4) is 0 Å². The maximum atomic E-state index is 4.42. The fraction of sp³-hybridized carbons (Fsp3) is 0.857. The summed E-state index contributed by atoms with van der Waals surface area (Å²) < 4.78 is 0. The Morgan fingerprint density at radius 3 is 2.80 bits per heavy atom. The molecule has 58 valence electrons. The summed E-state index contributed by atoms with van der Waals surface area (Å²) in [6.45, 7) is 6.06. The van der Waals surface area contributed by atoms with Crippen molar-refractivity contribution in [1.82, 2.24) is 5.32 Å². The van der Waals surface area contributed by atoms with E-state index in [0.29, 0.717) is 6.04 Å². The summed E-state index contributed by atoms with van der Waals surface area (Å²) in [6.07, 6.45) is 1.04. The van der Waals surface area contributed by atoms with Gasteiger partial charge in [-0.1, -0.05) is 13.8 Å². The third-order valence-electron chi connectivity index (χ3n) is 1.06. The molecule has 0 unspecified atom stereocenters. The van der Waals surface area contributed by atoms with Crippen LogP contribution in [0.2, 0.25) is 0 Å². The van der Waals surface area contributed by atoms with Crippen molar-refractivity contribution in [3.63, 3.8) is 0 Å². The number of rotatable bonds is 5. The van der Waals surface area contributed by atoms with E-state index in [1.54, 1.807) is 0 Å². The standard InChI is InChI=1S/C7H14N2S/c1-7(2)9-5-3-4-8-6-10/h7,9H,3-5H2,1-2H3.